The first kappa shape index (κ1) is 18.2. The molecule has 3 N–H and O–H groups in total. The van der Waals surface area contributed by atoms with Gasteiger partial charge < -0.3 is 14.8 Å². The Kier molecular flexibility index (Phi) is 6.09. The van der Waals surface area contributed by atoms with E-state index >= 15 is 0 Å². The smallest absolute Gasteiger partial charge is 0.226 e. The van der Waals surface area contributed by atoms with Crippen molar-refractivity contribution >= 4 is 5.91 Å². The van der Waals surface area contributed by atoms with Crippen molar-refractivity contribution in [3.05, 3.63) is 59.7 Å². The van der Waals surface area contributed by atoms with Crippen LogP contribution in [-0.4, -0.2) is 33.2 Å². The Bertz CT molecular complexity index is 736. The molecule has 0 bridgehead atoms. The van der Waals surface area contributed by atoms with Crippen LogP contribution < -0.4 is 25.6 Å². The van der Waals surface area contributed by atoms with Gasteiger partial charge >= 0.3 is 0 Å². The van der Waals surface area contributed by atoms with Gasteiger partial charge in [0.1, 0.15) is 0 Å². The van der Waals surface area contributed by atoms with Crippen LogP contribution in [0.15, 0.2) is 48.5 Å². The number of hydrazine groups is 1. The summed E-state index contributed by atoms with van der Waals surface area (Å²) < 4.78 is 10.6. The zero-order valence-electron chi connectivity index (χ0n) is 15.1. The molecule has 2 unspecified atom stereocenters. The zero-order valence-corrected chi connectivity index (χ0v) is 15.1. The summed E-state index contributed by atoms with van der Waals surface area (Å²) in [5.41, 5.74) is 8.49. The number of carbonyl (C=O) groups is 1. The van der Waals surface area contributed by atoms with Crippen LogP contribution in [0.5, 0.6) is 11.5 Å². The number of rotatable bonds is 7. The molecule has 0 aliphatic carbocycles. The third-order valence-electron chi connectivity index (χ3n) is 4.64. The van der Waals surface area contributed by atoms with Crippen LogP contribution in [-0.2, 0) is 11.2 Å². The normalized spacial score (nSPS) is 19.2. The van der Waals surface area contributed by atoms with Gasteiger partial charge in [-0.15, -0.1) is 0 Å². The predicted molar refractivity (Wildman–Crippen MR) is 100 cm³/mol. The minimum atomic E-state index is -0.136. The molecule has 1 aliphatic rings. The third kappa shape index (κ3) is 4.15. The molecule has 1 fully saturated rings. The summed E-state index contributed by atoms with van der Waals surface area (Å²) >= 11 is 0. The molecular formula is C20H25N3O3. The van der Waals surface area contributed by atoms with Crippen LogP contribution >= 0.6 is 0 Å². The summed E-state index contributed by atoms with van der Waals surface area (Å²) in [6.07, 6.45) is 0.732. The van der Waals surface area contributed by atoms with E-state index in [0.717, 1.165) is 17.5 Å². The molecule has 2 aromatic rings. The topological polar surface area (TPSA) is 71.6 Å². The van der Waals surface area contributed by atoms with Gasteiger partial charge in [-0.3, -0.25) is 10.2 Å². The molecule has 0 aromatic heterocycles. The van der Waals surface area contributed by atoms with Gasteiger partial charge in [0, 0.05) is 13.1 Å². The Morgan fingerprint density at radius 2 is 1.88 bits per heavy atom. The number of ether oxygens (including phenoxy) is 2. The van der Waals surface area contributed by atoms with Gasteiger partial charge in [-0.2, -0.15) is 0 Å². The molecule has 3 rings (SSSR count). The number of methoxy groups -OCH3 is 2. The van der Waals surface area contributed by atoms with Crippen LogP contribution in [0.1, 0.15) is 17.2 Å². The lowest BCUT2D eigenvalue weighted by atomic mass is 9.94. The molecule has 1 aliphatic heterocycles. The molecule has 1 amide bonds. The summed E-state index contributed by atoms with van der Waals surface area (Å²) in [5.74, 6) is 1.32. The lowest BCUT2D eigenvalue weighted by Crippen LogP contribution is -2.36. The Hall–Kier alpha value is -2.57. The fourth-order valence-corrected chi connectivity index (χ4v) is 3.21. The molecule has 26 heavy (non-hydrogen) atoms. The van der Waals surface area contributed by atoms with Crippen LogP contribution in [0, 0.1) is 5.92 Å². The lowest BCUT2D eigenvalue weighted by molar-refractivity contribution is -0.124. The quantitative estimate of drug-likeness (QED) is 0.707. The van der Waals surface area contributed by atoms with E-state index in [1.807, 2.05) is 48.5 Å². The van der Waals surface area contributed by atoms with Gasteiger partial charge in [0.05, 0.1) is 26.2 Å². The van der Waals surface area contributed by atoms with Crippen LogP contribution in [0.2, 0.25) is 0 Å². The van der Waals surface area contributed by atoms with E-state index < -0.39 is 0 Å². The zero-order chi connectivity index (χ0) is 18.4. The second-order valence-electron chi connectivity index (χ2n) is 6.25. The van der Waals surface area contributed by atoms with E-state index in [9.17, 15) is 4.79 Å². The van der Waals surface area contributed by atoms with Crippen LogP contribution in [0.4, 0.5) is 0 Å². The third-order valence-corrected chi connectivity index (χ3v) is 4.64. The highest BCUT2D eigenvalue weighted by Gasteiger charge is 2.33. The van der Waals surface area contributed by atoms with Crippen LogP contribution in [0.25, 0.3) is 0 Å². The van der Waals surface area contributed by atoms with Gasteiger partial charge in [-0.1, -0.05) is 36.4 Å². The van der Waals surface area contributed by atoms with Crippen molar-refractivity contribution in [1.82, 2.24) is 16.2 Å². The lowest BCUT2D eigenvalue weighted by Gasteiger charge is -2.18. The number of benzene rings is 2. The second kappa shape index (κ2) is 8.69. The number of amides is 1. The minimum absolute atomic E-state index is 0.0164. The molecule has 6 nitrogen and oxygen atoms in total. The average molecular weight is 355 g/mol. The molecule has 1 heterocycles. The van der Waals surface area contributed by atoms with Crippen LogP contribution in [0.3, 0.4) is 0 Å². The fraction of sp³-hybridized carbons (Fsp3) is 0.350. The van der Waals surface area contributed by atoms with Crippen molar-refractivity contribution in [3.63, 3.8) is 0 Å². The van der Waals surface area contributed by atoms with E-state index in [1.54, 1.807) is 14.2 Å². The van der Waals surface area contributed by atoms with Crippen molar-refractivity contribution in [3.8, 4) is 11.5 Å². The number of nitrogens with one attached hydrogen (secondary N) is 3. The molecule has 6 heteroatoms. The molecule has 2 aromatic carbocycles. The van der Waals surface area contributed by atoms with Gasteiger partial charge in [-0.25, -0.2) is 5.43 Å². The summed E-state index contributed by atoms with van der Waals surface area (Å²) in [6, 6.07) is 15.8. The first-order valence-corrected chi connectivity index (χ1v) is 8.75. The van der Waals surface area contributed by atoms with Gasteiger partial charge in [-0.05, 0) is 29.7 Å². The van der Waals surface area contributed by atoms with E-state index in [4.69, 9.17) is 9.47 Å². The molecule has 0 spiro atoms. The highest BCUT2D eigenvalue weighted by molar-refractivity contribution is 5.80. The Morgan fingerprint density at radius 3 is 2.62 bits per heavy atom. The standard InChI is InChI=1S/C20H25N3O3/c1-25-17-9-8-14(12-18(17)26-2)10-11-21-20(24)16-13-22-23-19(16)15-6-4-3-5-7-15/h3-9,12,16,19,22-23H,10-11,13H2,1-2H3,(H,21,24). The summed E-state index contributed by atoms with van der Waals surface area (Å²) in [7, 11) is 3.23. The highest BCUT2D eigenvalue weighted by atomic mass is 16.5. The molecular weight excluding hydrogens is 330 g/mol. The van der Waals surface area contributed by atoms with Crippen molar-refractivity contribution in [2.45, 2.75) is 12.5 Å². The molecule has 1 saturated heterocycles. The first-order valence-electron chi connectivity index (χ1n) is 8.75. The monoisotopic (exact) mass is 355 g/mol. The number of hydrogen-bond donors (Lipinski definition) is 3. The maximum absolute atomic E-state index is 12.6. The predicted octanol–water partition coefficient (Wildman–Crippen LogP) is 1.83. The van der Waals surface area contributed by atoms with E-state index in [0.29, 0.717) is 24.6 Å². The van der Waals surface area contributed by atoms with Crippen molar-refractivity contribution < 1.29 is 14.3 Å². The number of carbonyl (C=O) groups excluding carboxylic acids is 1. The first-order chi connectivity index (χ1) is 12.7. The molecule has 2 atom stereocenters. The molecule has 0 saturated carbocycles. The maximum atomic E-state index is 12.6. The summed E-state index contributed by atoms with van der Waals surface area (Å²) in [6.45, 7) is 1.19. The Balaban J connectivity index is 1.55. The minimum Gasteiger partial charge on any atom is -0.493 e. The van der Waals surface area contributed by atoms with Gasteiger partial charge in [0.15, 0.2) is 11.5 Å². The summed E-state index contributed by atoms with van der Waals surface area (Å²) in [4.78, 5) is 12.6. The van der Waals surface area contributed by atoms with Gasteiger partial charge in [0.2, 0.25) is 5.91 Å². The highest BCUT2D eigenvalue weighted by Crippen LogP contribution is 2.28. The van der Waals surface area contributed by atoms with Crippen molar-refractivity contribution in [2.75, 3.05) is 27.3 Å². The van der Waals surface area contributed by atoms with E-state index in [2.05, 4.69) is 16.2 Å². The Labute approximate surface area is 153 Å². The summed E-state index contributed by atoms with van der Waals surface area (Å²) in [5, 5.41) is 3.05. The van der Waals surface area contributed by atoms with E-state index in [1.165, 1.54) is 0 Å². The second-order valence-corrected chi connectivity index (χ2v) is 6.25. The van der Waals surface area contributed by atoms with Crippen molar-refractivity contribution in [2.24, 2.45) is 5.92 Å². The molecule has 138 valence electrons. The molecule has 0 radical (unpaired) electrons. The number of hydrogen-bond acceptors (Lipinski definition) is 5. The largest absolute Gasteiger partial charge is 0.493 e. The Morgan fingerprint density at radius 1 is 1.12 bits per heavy atom. The van der Waals surface area contributed by atoms with Gasteiger partial charge in [0.25, 0.3) is 0 Å². The average Bonchev–Trinajstić information content (AvgIpc) is 3.18. The van der Waals surface area contributed by atoms with E-state index in [-0.39, 0.29) is 17.9 Å². The SMILES string of the molecule is COc1ccc(CCNC(=O)C2CNNC2c2ccccc2)cc1OC. The van der Waals surface area contributed by atoms with Crippen molar-refractivity contribution in [1.29, 1.82) is 0 Å². The fourth-order valence-electron chi connectivity index (χ4n) is 3.21. The maximum Gasteiger partial charge on any atom is 0.226 e.